The van der Waals surface area contributed by atoms with Crippen molar-refractivity contribution >= 4 is 5.91 Å². The number of aromatic nitrogens is 4. The number of nitrogens with one attached hydrogen (secondary N) is 1. The highest BCUT2D eigenvalue weighted by Crippen LogP contribution is 2.37. The molecule has 7 nitrogen and oxygen atoms in total. The average Bonchev–Trinajstić information content (AvgIpc) is 3.16. The van der Waals surface area contributed by atoms with Gasteiger partial charge in [0.2, 0.25) is 5.91 Å². The second-order valence-corrected chi connectivity index (χ2v) is 6.52. The Bertz CT molecular complexity index is 687. The zero-order valence-electron chi connectivity index (χ0n) is 14.2. The van der Waals surface area contributed by atoms with Gasteiger partial charge in [-0.2, -0.15) is 5.10 Å². The zero-order chi connectivity index (χ0) is 17.1. The number of carbonyl (C=O) groups excluding carboxylic acids is 1. The average molecular weight is 331 g/mol. The second-order valence-electron chi connectivity index (χ2n) is 6.52. The van der Waals surface area contributed by atoms with Crippen molar-refractivity contribution in [2.24, 2.45) is 13.0 Å². The van der Waals surface area contributed by atoms with Crippen LogP contribution in [0.2, 0.25) is 0 Å². The summed E-state index contributed by atoms with van der Waals surface area (Å²) in [5.74, 6) is 1.28. The summed E-state index contributed by atoms with van der Waals surface area (Å²) in [6.07, 6.45) is 9.87. The summed E-state index contributed by atoms with van der Waals surface area (Å²) in [6, 6.07) is -0.0805. The molecule has 1 atom stereocenters. The van der Waals surface area contributed by atoms with Crippen molar-refractivity contribution < 1.29 is 9.90 Å². The summed E-state index contributed by atoms with van der Waals surface area (Å²) in [5, 5.41) is 16.9. The highest BCUT2D eigenvalue weighted by molar-refractivity contribution is 5.76. The molecule has 1 aliphatic carbocycles. The van der Waals surface area contributed by atoms with Gasteiger partial charge < -0.3 is 15.0 Å². The molecule has 24 heavy (non-hydrogen) atoms. The number of amides is 1. The van der Waals surface area contributed by atoms with Crippen molar-refractivity contribution in [1.82, 2.24) is 24.6 Å². The lowest BCUT2D eigenvalue weighted by atomic mass is 9.75. The number of hydrogen-bond acceptors (Lipinski definition) is 4. The lowest BCUT2D eigenvalue weighted by Crippen LogP contribution is -2.41. The smallest absolute Gasteiger partial charge is 0.222 e. The van der Waals surface area contributed by atoms with E-state index in [4.69, 9.17) is 0 Å². The third-order valence-electron chi connectivity index (χ3n) is 4.72. The van der Waals surface area contributed by atoms with Crippen molar-refractivity contribution in [2.75, 3.05) is 0 Å². The van der Waals surface area contributed by atoms with Crippen LogP contribution in [0.1, 0.15) is 43.6 Å². The molecule has 0 spiro atoms. The largest absolute Gasteiger partial charge is 0.393 e. The Kier molecular flexibility index (Phi) is 4.99. The van der Waals surface area contributed by atoms with Crippen LogP contribution in [-0.2, 0) is 24.8 Å². The van der Waals surface area contributed by atoms with E-state index in [1.807, 2.05) is 24.0 Å². The van der Waals surface area contributed by atoms with E-state index in [2.05, 4.69) is 22.3 Å². The Morgan fingerprint density at radius 2 is 2.29 bits per heavy atom. The number of rotatable bonds is 7. The molecule has 0 saturated heterocycles. The van der Waals surface area contributed by atoms with Crippen molar-refractivity contribution in [1.29, 1.82) is 0 Å². The first-order chi connectivity index (χ1) is 11.6. The number of imidazole rings is 1. The minimum Gasteiger partial charge on any atom is -0.393 e. The minimum atomic E-state index is -0.246. The van der Waals surface area contributed by atoms with Crippen LogP contribution in [0.4, 0.5) is 0 Å². The fourth-order valence-corrected chi connectivity index (χ4v) is 3.30. The predicted octanol–water partition coefficient (Wildman–Crippen LogP) is 1.20. The van der Waals surface area contributed by atoms with Crippen molar-refractivity contribution in [2.45, 2.75) is 51.3 Å². The summed E-state index contributed by atoms with van der Waals surface area (Å²) in [5.41, 5.74) is 1.000. The van der Waals surface area contributed by atoms with Gasteiger partial charge >= 0.3 is 0 Å². The van der Waals surface area contributed by atoms with Crippen molar-refractivity contribution in [3.63, 3.8) is 0 Å². The van der Waals surface area contributed by atoms with Gasteiger partial charge in [0.1, 0.15) is 5.82 Å². The van der Waals surface area contributed by atoms with Crippen LogP contribution in [0.5, 0.6) is 0 Å². The molecule has 2 heterocycles. The molecule has 0 aromatic carbocycles. The minimum absolute atomic E-state index is 0.0148. The van der Waals surface area contributed by atoms with E-state index in [0.29, 0.717) is 13.0 Å². The third-order valence-corrected chi connectivity index (χ3v) is 4.72. The van der Waals surface area contributed by atoms with Crippen LogP contribution in [0.15, 0.2) is 24.8 Å². The molecule has 0 aliphatic heterocycles. The number of nitrogens with zero attached hydrogens (tertiary/aromatic N) is 4. The van der Waals surface area contributed by atoms with Crippen LogP contribution < -0.4 is 5.32 Å². The first-order valence-electron chi connectivity index (χ1n) is 8.52. The topological polar surface area (TPSA) is 85.0 Å². The predicted molar refractivity (Wildman–Crippen MR) is 89.0 cm³/mol. The van der Waals surface area contributed by atoms with Crippen molar-refractivity contribution in [3.05, 3.63) is 36.2 Å². The summed E-state index contributed by atoms with van der Waals surface area (Å²) in [7, 11) is 1.86. The van der Waals surface area contributed by atoms with Gasteiger partial charge in [-0.3, -0.25) is 9.48 Å². The van der Waals surface area contributed by atoms with Gasteiger partial charge in [-0.15, -0.1) is 0 Å². The zero-order valence-corrected chi connectivity index (χ0v) is 14.2. The molecule has 2 aromatic rings. The number of carbonyl (C=O) groups is 1. The van der Waals surface area contributed by atoms with Gasteiger partial charge in [0.25, 0.3) is 0 Å². The molecule has 1 aliphatic rings. The molecule has 1 fully saturated rings. The van der Waals surface area contributed by atoms with Crippen LogP contribution in [0, 0.1) is 5.92 Å². The van der Waals surface area contributed by atoms with Crippen LogP contribution in [-0.4, -0.2) is 36.4 Å². The third kappa shape index (κ3) is 3.67. The maximum Gasteiger partial charge on any atom is 0.222 e. The fraction of sp³-hybridized carbons (Fsp3) is 0.588. The molecule has 7 heteroatoms. The van der Waals surface area contributed by atoms with E-state index in [9.17, 15) is 9.90 Å². The summed E-state index contributed by atoms with van der Waals surface area (Å²) in [4.78, 5) is 16.7. The van der Waals surface area contributed by atoms with Gasteiger partial charge in [-0.05, 0) is 18.8 Å². The quantitative estimate of drug-likeness (QED) is 0.798. The molecule has 130 valence electrons. The maximum absolute atomic E-state index is 12.4. The van der Waals surface area contributed by atoms with E-state index in [1.165, 1.54) is 0 Å². The van der Waals surface area contributed by atoms with Crippen LogP contribution in [0.25, 0.3) is 0 Å². The first-order valence-corrected chi connectivity index (χ1v) is 8.52. The first kappa shape index (κ1) is 16.7. The maximum atomic E-state index is 12.4. The Morgan fingerprint density at radius 1 is 1.50 bits per heavy atom. The van der Waals surface area contributed by atoms with E-state index in [1.54, 1.807) is 17.1 Å². The molecule has 3 rings (SSSR count). The molecule has 2 N–H and O–H groups in total. The molecule has 2 aromatic heterocycles. The number of aliphatic hydroxyl groups is 1. The van der Waals surface area contributed by atoms with E-state index in [0.717, 1.165) is 30.7 Å². The number of aryl methyl sites for hydroxylation is 3. The van der Waals surface area contributed by atoms with E-state index in [-0.39, 0.29) is 24.0 Å². The van der Waals surface area contributed by atoms with Gasteiger partial charge in [0, 0.05) is 50.6 Å². The molecular weight excluding hydrogens is 306 g/mol. The standard InChI is InChI=1S/C17H25N5O2/c1-3-15-18-5-7-22(15)6-4-16(24)20-17(12-8-14(23)9-12)13-10-19-21(2)11-13/h5,7,10-12,14,17,23H,3-4,6,8-9H2,1-2H3,(H,20,24). The highest BCUT2D eigenvalue weighted by Gasteiger charge is 2.36. The van der Waals surface area contributed by atoms with Crippen LogP contribution >= 0.6 is 0 Å². The Balaban J connectivity index is 1.61. The molecule has 0 radical (unpaired) electrons. The van der Waals surface area contributed by atoms with Gasteiger partial charge in [-0.1, -0.05) is 6.92 Å². The number of hydrogen-bond donors (Lipinski definition) is 2. The summed E-state index contributed by atoms with van der Waals surface area (Å²) >= 11 is 0. The molecule has 0 bridgehead atoms. The lowest BCUT2D eigenvalue weighted by molar-refractivity contribution is -0.123. The van der Waals surface area contributed by atoms with Gasteiger partial charge in [-0.25, -0.2) is 4.98 Å². The van der Waals surface area contributed by atoms with Crippen LogP contribution in [0.3, 0.4) is 0 Å². The lowest BCUT2D eigenvalue weighted by Gasteiger charge is -2.37. The SMILES string of the molecule is CCc1nccn1CCC(=O)NC(c1cnn(C)c1)C1CC(O)C1. The van der Waals surface area contributed by atoms with E-state index < -0.39 is 0 Å². The van der Waals surface area contributed by atoms with E-state index >= 15 is 0 Å². The Hall–Kier alpha value is -2.15. The molecule has 1 unspecified atom stereocenters. The fourth-order valence-electron chi connectivity index (χ4n) is 3.30. The monoisotopic (exact) mass is 331 g/mol. The molecule has 1 saturated carbocycles. The highest BCUT2D eigenvalue weighted by atomic mass is 16.3. The van der Waals surface area contributed by atoms with Gasteiger partial charge in [0.15, 0.2) is 0 Å². The van der Waals surface area contributed by atoms with Gasteiger partial charge in [0.05, 0.1) is 18.3 Å². The normalized spacial score (nSPS) is 21.3. The van der Waals surface area contributed by atoms with Crippen molar-refractivity contribution in [3.8, 4) is 0 Å². The Labute approximate surface area is 141 Å². The second kappa shape index (κ2) is 7.17. The summed E-state index contributed by atoms with van der Waals surface area (Å²) in [6.45, 7) is 2.68. The number of aliphatic hydroxyl groups excluding tert-OH is 1. The molecular formula is C17H25N5O2. The molecule has 1 amide bonds. The Morgan fingerprint density at radius 3 is 2.92 bits per heavy atom. The summed E-state index contributed by atoms with van der Waals surface area (Å²) < 4.78 is 3.76.